The Hall–Kier alpha value is -1.25. The number of nitrogens with two attached hydrogens (primary N) is 1. The summed E-state index contributed by atoms with van der Waals surface area (Å²) in [5, 5.41) is 0. The van der Waals surface area contributed by atoms with Crippen LogP contribution in [0.2, 0.25) is 0 Å². The zero-order chi connectivity index (χ0) is 14.4. The van der Waals surface area contributed by atoms with Crippen LogP contribution in [0.5, 0.6) is 0 Å². The van der Waals surface area contributed by atoms with Crippen molar-refractivity contribution in [1.29, 1.82) is 0 Å². The number of unbranched alkanes of at least 4 members (excludes halogenated alkanes) is 1. The molecule has 18 heavy (non-hydrogen) atoms. The molecular weight excluding hydrogens is 222 g/mol. The lowest BCUT2D eigenvalue weighted by Gasteiger charge is -2.22. The molecule has 1 aromatic heterocycles. The molecule has 0 radical (unpaired) electrons. The number of nitrogen functional groups attached to an aromatic ring is 1. The number of hydrogen-bond acceptors (Lipinski definition) is 3. The van der Waals surface area contributed by atoms with Crippen LogP contribution in [0.1, 0.15) is 54.4 Å². The van der Waals surface area contributed by atoms with E-state index in [0.717, 1.165) is 24.6 Å². The molecule has 1 heterocycles. The van der Waals surface area contributed by atoms with E-state index in [-0.39, 0.29) is 0 Å². The molecule has 0 aliphatic heterocycles. The van der Waals surface area contributed by atoms with Gasteiger partial charge in [0, 0.05) is 19.3 Å². The van der Waals surface area contributed by atoms with Crippen molar-refractivity contribution in [2.24, 2.45) is 0 Å². The second-order valence-electron chi connectivity index (χ2n) is 3.35. The maximum atomic E-state index is 5.86. The van der Waals surface area contributed by atoms with E-state index in [1.54, 1.807) is 6.20 Å². The molecule has 0 spiro atoms. The summed E-state index contributed by atoms with van der Waals surface area (Å²) in [5.41, 5.74) is 6.63. The van der Waals surface area contributed by atoms with E-state index in [4.69, 9.17) is 5.73 Å². The molecule has 1 aromatic rings. The second-order valence-corrected chi connectivity index (χ2v) is 3.35. The van der Waals surface area contributed by atoms with E-state index in [1.807, 2.05) is 39.8 Å². The van der Waals surface area contributed by atoms with Crippen LogP contribution in [0.3, 0.4) is 0 Å². The normalized spacial score (nSPS) is 8.56. The molecule has 0 aromatic carbocycles. The summed E-state index contributed by atoms with van der Waals surface area (Å²) in [6.07, 6.45) is 4.17. The van der Waals surface area contributed by atoms with Crippen molar-refractivity contribution < 1.29 is 0 Å². The minimum Gasteiger partial charge on any atom is -0.396 e. The quantitative estimate of drug-likeness (QED) is 0.848. The van der Waals surface area contributed by atoms with Crippen molar-refractivity contribution in [2.75, 3.05) is 23.7 Å². The van der Waals surface area contributed by atoms with Crippen LogP contribution in [0.25, 0.3) is 0 Å². The fraction of sp³-hybridized carbons (Fsp3) is 0.667. The molecule has 106 valence electrons. The van der Waals surface area contributed by atoms with Crippen molar-refractivity contribution in [2.45, 2.75) is 54.4 Å². The van der Waals surface area contributed by atoms with Crippen molar-refractivity contribution in [1.82, 2.24) is 4.98 Å². The molecule has 0 unspecified atom stereocenters. The first-order valence-electron chi connectivity index (χ1n) is 7.25. The minimum atomic E-state index is 0.769. The van der Waals surface area contributed by atoms with Crippen LogP contribution in [-0.2, 0) is 0 Å². The number of rotatable bonds is 5. The third-order valence-corrected chi connectivity index (χ3v) is 2.28. The molecule has 0 bridgehead atoms. The monoisotopic (exact) mass is 253 g/mol. The Bertz CT molecular complexity index is 274. The zero-order valence-electron chi connectivity index (χ0n) is 13.0. The van der Waals surface area contributed by atoms with E-state index in [9.17, 15) is 0 Å². The fourth-order valence-electron chi connectivity index (χ4n) is 1.44. The number of anilines is 2. The third-order valence-electron chi connectivity index (χ3n) is 2.28. The Balaban J connectivity index is 0. The summed E-state index contributed by atoms with van der Waals surface area (Å²) in [5.74, 6) is 0.920. The standard InChI is InChI=1S/C11H19N3.2C2H6/c1-3-5-9-14(4-2)11-10(12)7-6-8-13-11;2*1-2/h6-8H,3-5,9,12H2,1-2H3;2*1-2H3. The van der Waals surface area contributed by atoms with Crippen molar-refractivity contribution in [3.8, 4) is 0 Å². The van der Waals surface area contributed by atoms with Gasteiger partial charge in [0.25, 0.3) is 0 Å². The van der Waals surface area contributed by atoms with Crippen LogP contribution in [0.4, 0.5) is 11.5 Å². The average Bonchev–Trinajstić information content (AvgIpc) is 2.46. The smallest absolute Gasteiger partial charge is 0.151 e. The highest BCUT2D eigenvalue weighted by atomic mass is 15.2. The van der Waals surface area contributed by atoms with Crippen LogP contribution in [0.15, 0.2) is 18.3 Å². The van der Waals surface area contributed by atoms with Crippen LogP contribution >= 0.6 is 0 Å². The number of nitrogens with zero attached hydrogens (tertiary/aromatic N) is 2. The molecule has 2 N–H and O–H groups in total. The average molecular weight is 253 g/mol. The fourth-order valence-corrected chi connectivity index (χ4v) is 1.44. The molecule has 0 aliphatic carbocycles. The van der Waals surface area contributed by atoms with Gasteiger partial charge in [-0.05, 0) is 25.5 Å². The summed E-state index contributed by atoms with van der Waals surface area (Å²) in [6.45, 7) is 14.3. The van der Waals surface area contributed by atoms with Gasteiger partial charge >= 0.3 is 0 Å². The number of hydrogen-bond donors (Lipinski definition) is 1. The zero-order valence-corrected chi connectivity index (χ0v) is 13.0. The van der Waals surface area contributed by atoms with E-state index in [2.05, 4.69) is 23.7 Å². The van der Waals surface area contributed by atoms with Gasteiger partial charge < -0.3 is 10.6 Å². The van der Waals surface area contributed by atoms with E-state index in [1.165, 1.54) is 12.8 Å². The third kappa shape index (κ3) is 7.15. The topological polar surface area (TPSA) is 42.2 Å². The summed E-state index contributed by atoms with van der Waals surface area (Å²) >= 11 is 0. The molecule has 0 saturated heterocycles. The Morgan fingerprint density at radius 1 is 1.17 bits per heavy atom. The summed E-state index contributed by atoms with van der Waals surface area (Å²) in [7, 11) is 0. The van der Waals surface area contributed by atoms with Gasteiger partial charge in [-0.3, -0.25) is 0 Å². The maximum absolute atomic E-state index is 5.86. The summed E-state index contributed by atoms with van der Waals surface area (Å²) < 4.78 is 0. The SMILES string of the molecule is CC.CC.CCCCN(CC)c1ncccc1N. The molecule has 1 rings (SSSR count). The first-order valence-corrected chi connectivity index (χ1v) is 7.25. The molecule has 0 amide bonds. The van der Waals surface area contributed by atoms with E-state index in [0.29, 0.717) is 0 Å². The summed E-state index contributed by atoms with van der Waals surface area (Å²) in [4.78, 5) is 6.52. The molecule has 3 heteroatoms. The molecule has 3 nitrogen and oxygen atoms in total. The van der Waals surface area contributed by atoms with Gasteiger partial charge in [0.1, 0.15) is 0 Å². The van der Waals surface area contributed by atoms with Gasteiger partial charge in [-0.15, -0.1) is 0 Å². The van der Waals surface area contributed by atoms with Crippen LogP contribution in [0, 0.1) is 0 Å². The van der Waals surface area contributed by atoms with Gasteiger partial charge in [-0.1, -0.05) is 41.0 Å². The van der Waals surface area contributed by atoms with Gasteiger partial charge in [0.05, 0.1) is 5.69 Å². The molecule has 0 aliphatic rings. The van der Waals surface area contributed by atoms with Gasteiger partial charge in [-0.25, -0.2) is 4.98 Å². The Kier molecular flexibility index (Phi) is 14.7. The van der Waals surface area contributed by atoms with Crippen molar-refractivity contribution in [3.05, 3.63) is 18.3 Å². The number of pyridine rings is 1. The largest absolute Gasteiger partial charge is 0.396 e. The van der Waals surface area contributed by atoms with Crippen molar-refractivity contribution >= 4 is 11.5 Å². The predicted octanol–water partition coefficient (Wildman–Crippen LogP) is 4.34. The molecule has 0 saturated carbocycles. The van der Waals surface area contributed by atoms with Crippen LogP contribution in [-0.4, -0.2) is 18.1 Å². The minimum absolute atomic E-state index is 0.769. The Morgan fingerprint density at radius 2 is 1.78 bits per heavy atom. The second kappa shape index (κ2) is 13.8. The number of aromatic nitrogens is 1. The highest BCUT2D eigenvalue weighted by Crippen LogP contribution is 2.18. The van der Waals surface area contributed by atoms with Crippen molar-refractivity contribution in [3.63, 3.8) is 0 Å². The van der Waals surface area contributed by atoms with Gasteiger partial charge in [0.2, 0.25) is 0 Å². The summed E-state index contributed by atoms with van der Waals surface area (Å²) in [6, 6.07) is 3.77. The predicted molar refractivity (Wildman–Crippen MR) is 84.1 cm³/mol. The lowest BCUT2D eigenvalue weighted by atomic mass is 10.3. The highest BCUT2D eigenvalue weighted by Gasteiger charge is 2.07. The Labute approximate surface area is 113 Å². The van der Waals surface area contributed by atoms with Gasteiger partial charge in [-0.2, -0.15) is 0 Å². The lowest BCUT2D eigenvalue weighted by Crippen LogP contribution is -2.25. The van der Waals surface area contributed by atoms with E-state index < -0.39 is 0 Å². The molecular formula is C15H31N3. The Morgan fingerprint density at radius 3 is 2.22 bits per heavy atom. The molecule has 0 fully saturated rings. The van der Waals surface area contributed by atoms with Gasteiger partial charge in [0.15, 0.2) is 5.82 Å². The van der Waals surface area contributed by atoms with E-state index >= 15 is 0 Å². The molecule has 0 atom stereocenters. The lowest BCUT2D eigenvalue weighted by molar-refractivity contribution is 0.725. The maximum Gasteiger partial charge on any atom is 0.151 e. The first kappa shape index (κ1) is 19.1. The first-order chi connectivity index (χ1) is 8.79. The highest BCUT2D eigenvalue weighted by molar-refractivity contribution is 5.61. The van der Waals surface area contributed by atoms with Crippen LogP contribution < -0.4 is 10.6 Å².